The second-order valence-corrected chi connectivity index (χ2v) is 5.60. The van der Waals surface area contributed by atoms with E-state index in [1.54, 1.807) is 19.4 Å². The standard InChI is InChI=1S/C19H19N3O/c1-12-5-7-15(14(3)11-12)16-8-6-13(2)18(21-16)19-20-10-9-17(22-19)23-4/h5-11H,1-4H3. The molecule has 0 bridgehead atoms. The van der Waals surface area contributed by atoms with E-state index in [1.165, 1.54) is 11.1 Å². The van der Waals surface area contributed by atoms with Gasteiger partial charge in [-0.25, -0.2) is 9.97 Å². The van der Waals surface area contributed by atoms with E-state index < -0.39 is 0 Å². The Balaban J connectivity index is 2.12. The van der Waals surface area contributed by atoms with Crippen molar-refractivity contribution in [2.24, 2.45) is 0 Å². The molecule has 3 aromatic rings. The maximum absolute atomic E-state index is 5.18. The molecular weight excluding hydrogens is 286 g/mol. The Morgan fingerprint density at radius 2 is 1.70 bits per heavy atom. The van der Waals surface area contributed by atoms with Crippen LogP contribution < -0.4 is 4.74 Å². The number of nitrogens with zero attached hydrogens (tertiary/aromatic N) is 3. The molecule has 4 nitrogen and oxygen atoms in total. The van der Waals surface area contributed by atoms with Crippen LogP contribution in [0.4, 0.5) is 0 Å². The summed E-state index contributed by atoms with van der Waals surface area (Å²) in [4.78, 5) is 13.5. The number of aryl methyl sites for hydroxylation is 3. The second kappa shape index (κ2) is 6.16. The molecule has 0 aliphatic rings. The molecule has 0 fully saturated rings. The molecule has 0 spiro atoms. The van der Waals surface area contributed by atoms with E-state index in [4.69, 9.17) is 9.72 Å². The minimum Gasteiger partial charge on any atom is -0.481 e. The Labute approximate surface area is 136 Å². The molecule has 3 rings (SSSR count). The van der Waals surface area contributed by atoms with E-state index in [0.29, 0.717) is 11.7 Å². The molecule has 23 heavy (non-hydrogen) atoms. The van der Waals surface area contributed by atoms with Crippen LogP contribution in [-0.2, 0) is 0 Å². The molecule has 2 aromatic heterocycles. The molecule has 0 atom stereocenters. The number of aromatic nitrogens is 3. The van der Waals surface area contributed by atoms with Gasteiger partial charge in [0.05, 0.1) is 12.8 Å². The monoisotopic (exact) mass is 305 g/mol. The number of hydrogen-bond donors (Lipinski definition) is 0. The lowest BCUT2D eigenvalue weighted by molar-refractivity contribution is 0.397. The molecule has 0 N–H and O–H groups in total. The number of ether oxygens (including phenoxy) is 1. The lowest BCUT2D eigenvalue weighted by atomic mass is 10.0. The van der Waals surface area contributed by atoms with Crippen molar-refractivity contribution in [3.63, 3.8) is 0 Å². The first-order valence-corrected chi connectivity index (χ1v) is 7.51. The SMILES string of the molecule is COc1ccnc(-c2nc(-c3ccc(C)cc3C)ccc2C)n1. The van der Waals surface area contributed by atoms with Crippen molar-refractivity contribution in [1.82, 2.24) is 15.0 Å². The number of methoxy groups -OCH3 is 1. The van der Waals surface area contributed by atoms with E-state index >= 15 is 0 Å². The molecule has 0 unspecified atom stereocenters. The number of benzene rings is 1. The van der Waals surface area contributed by atoms with Gasteiger partial charge in [-0.3, -0.25) is 0 Å². The molecule has 116 valence electrons. The van der Waals surface area contributed by atoms with Gasteiger partial charge in [0, 0.05) is 17.8 Å². The minimum absolute atomic E-state index is 0.535. The summed E-state index contributed by atoms with van der Waals surface area (Å²) < 4.78 is 5.18. The van der Waals surface area contributed by atoms with E-state index in [-0.39, 0.29) is 0 Å². The highest BCUT2D eigenvalue weighted by molar-refractivity contribution is 5.68. The van der Waals surface area contributed by atoms with E-state index in [1.807, 2.05) is 13.0 Å². The van der Waals surface area contributed by atoms with Crippen molar-refractivity contribution >= 4 is 0 Å². The summed E-state index contributed by atoms with van der Waals surface area (Å²) in [6, 6.07) is 12.2. The molecule has 0 amide bonds. The van der Waals surface area contributed by atoms with Crippen molar-refractivity contribution in [2.45, 2.75) is 20.8 Å². The van der Waals surface area contributed by atoms with Crippen molar-refractivity contribution < 1.29 is 4.74 Å². The van der Waals surface area contributed by atoms with Crippen LogP contribution in [0.3, 0.4) is 0 Å². The Kier molecular flexibility index (Phi) is 4.06. The Morgan fingerprint density at radius 3 is 2.43 bits per heavy atom. The van der Waals surface area contributed by atoms with E-state index in [0.717, 1.165) is 22.5 Å². The predicted octanol–water partition coefficient (Wildman–Crippen LogP) is 4.14. The summed E-state index contributed by atoms with van der Waals surface area (Å²) >= 11 is 0. The first kappa shape index (κ1) is 15.2. The average molecular weight is 305 g/mol. The van der Waals surface area contributed by atoms with Crippen LogP contribution in [0.2, 0.25) is 0 Å². The highest BCUT2D eigenvalue weighted by Crippen LogP contribution is 2.27. The van der Waals surface area contributed by atoms with Gasteiger partial charge in [-0.1, -0.05) is 29.8 Å². The Morgan fingerprint density at radius 1 is 0.870 bits per heavy atom. The second-order valence-electron chi connectivity index (χ2n) is 5.60. The van der Waals surface area contributed by atoms with Gasteiger partial charge in [0.15, 0.2) is 5.82 Å². The molecule has 0 radical (unpaired) electrons. The van der Waals surface area contributed by atoms with Crippen molar-refractivity contribution in [1.29, 1.82) is 0 Å². The summed E-state index contributed by atoms with van der Waals surface area (Å²) in [6.45, 7) is 6.21. The van der Waals surface area contributed by atoms with Crippen molar-refractivity contribution in [3.8, 4) is 28.7 Å². The van der Waals surface area contributed by atoms with Crippen LogP contribution >= 0.6 is 0 Å². The van der Waals surface area contributed by atoms with Crippen LogP contribution in [0.1, 0.15) is 16.7 Å². The van der Waals surface area contributed by atoms with Gasteiger partial charge in [0.2, 0.25) is 5.88 Å². The fraction of sp³-hybridized carbons (Fsp3) is 0.211. The maximum Gasteiger partial charge on any atom is 0.216 e. The van der Waals surface area contributed by atoms with Crippen LogP contribution in [0, 0.1) is 20.8 Å². The minimum atomic E-state index is 0.535. The highest BCUT2D eigenvalue weighted by Gasteiger charge is 2.11. The Bertz CT molecular complexity index is 859. The van der Waals surface area contributed by atoms with Crippen molar-refractivity contribution in [2.75, 3.05) is 7.11 Å². The molecule has 0 saturated heterocycles. The van der Waals surface area contributed by atoms with E-state index in [9.17, 15) is 0 Å². The maximum atomic E-state index is 5.18. The first-order chi connectivity index (χ1) is 11.1. The van der Waals surface area contributed by atoms with Crippen LogP contribution in [0.15, 0.2) is 42.6 Å². The fourth-order valence-corrected chi connectivity index (χ4v) is 2.58. The largest absolute Gasteiger partial charge is 0.481 e. The van der Waals surface area contributed by atoms with Gasteiger partial charge >= 0.3 is 0 Å². The van der Waals surface area contributed by atoms with Crippen LogP contribution in [0.25, 0.3) is 22.8 Å². The quantitative estimate of drug-likeness (QED) is 0.729. The topological polar surface area (TPSA) is 47.9 Å². The van der Waals surface area contributed by atoms with Gasteiger partial charge in [-0.15, -0.1) is 0 Å². The third-order valence-electron chi connectivity index (χ3n) is 3.81. The van der Waals surface area contributed by atoms with Gasteiger partial charge < -0.3 is 4.74 Å². The third-order valence-corrected chi connectivity index (χ3v) is 3.81. The van der Waals surface area contributed by atoms with Gasteiger partial charge in [-0.05, 0) is 38.0 Å². The summed E-state index contributed by atoms with van der Waals surface area (Å²) in [5, 5.41) is 0. The zero-order chi connectivity index (χ0) is 16.4. The average Bonchev–Trinajstić information content (AvgIpc) is 2.56. The number of rotatable bonds is 3. The summed E-state index contributed by atoms with van der Waals surface area (Å²) in [7, 11) is 1.60. The summed E-state index contributed by atoms with van der Waals surface area (Å²) in [5.41, 5.74) is 6.32. The third kappa shape index (κ3) is 3.06. The summed E-state index contributed by atoms with van der Waals surface area (Å²) in [5.74, 6) is 1.11. The fourth-order valence-electron chi connectivity index (χ4n) is 2.58. The molecule has 0 aliphatic heterocycles. The van der Waals surface area contributed by atoms with Gasteiger partial charge in [0.25, 0.3) is 0 Å². The van der Waals surface area contributed by atoms with Crippen molar-refractivity contribution in [3.05, 3.63) is 59.3 Å². The lowest BCUT2D eigenvalue weighted by Crippen LogP contribution is -1.98. The van der Waals surface area contributed by atoms with Gasteiger partial charge in [-0.2, -0.15) is 4.98 Å². The zero-order valence-corrected chi connectivity index (χ0v) is 13.8. The zero-order valence-electron chi connectivity index (χ0n) is 13.8. The molecule has 1 aromatic carbocycles. The lowest BCUT2D eigenvalue weighted by Gasteiger charge is -2.10. The van der Waals surface area contributed by atoms with E-state index in [2.05, 4.69) is 48.1 Å². The Hall–Kier alpha value is -2.75. The van der Waals surface area contributed by atoms with Crippen LogP contribution in [0.5, 0.6) is 5.88 Å². The molecule has 2 heterocycles. The highest BCUT2D eigenvalue weighted by atomic mass is 16.5. The number of pyridine rings is 1. The summed E-state index contributed by atoms with van der Waals surface area (Å²) in [6.07, 6.45) is 1.69. The van der Waals surface area contributed by atoms with Crippen LogP contribution in [-0.4, -0.2) is 22.1 Å². The molecule has 0 saturated carbocycles. The molecule has 0 aliphatic carbocycles. The number of hydrogen-bond acceptors (Lipinski definition) is 4. The molecule has 4 heteroatoms. The molecular formula is C19H19N3O. The smallest absolute Gasteiger partial charge is 0.216 e. The normalized spacial score (nSPS) is 10.6. The van der Waals surface area contributed by atoms with Gasteiger partial charge in [0.1, 0.15) is 5.69 Å². The first-order valence-electron chi connectivity index (χ1n) is 7.51. The predicted molar refractivity (Wildman–Crippen MR) is 91.5 cm³/mol.